The molecule has 0 bridgehead atoms. The second-order valence-corrected chi connectivity index (χ2v) is 7.97. The fourth-order valence-electron chi connectivity index (χ4n) is 4.30. The summed E-state index contributed by atoms with van der Waals surface area (Å²) in [6, 6.07) is 12.8. The van der Waals surface area contributed by atoms with Gasteiger partial charge < -0.3 is 9.64 Å². The third kappa shape index (κ3) is 4.72. The van der Waals surface area contributed by atoms with Crippen LogP contribution in [0.1, 0.15) is 48.8 Å². The van der Waals surface area contributed by atoms with Crippen molar-refractivity contribution in [1.82, 2.24) is 14.7 Å². The Morgan fingerprint density at radius 1 is 1.12 bits per heavy atom. The lowest BCUT2D eigenvalue weighted by atomic mass is 9.93. The number of carbonyl (C=O) groups is 1. The molecule has 168 valence electrons. The highest BCUT2D eigenvalue weighted by Gasteiger charge is 2.31. The van der Waals surface area contributed by atoms with Crippen LogP contribution in [0.15, 0.2) is 54.7 Å². The van der Waals surface area contributed by atoms with E-state index in [1.807, 2.05) is 49.2 Å². The van der Waals surface area contributed by atoms with Crippen molar-refractivity contribution in [2.45, 2.75) is 45.4 Å². The van der Waals surface area contributed by atoms with E-state index in [0.717, 1.165) is 23.6 Å². The van der Waals surface area contributed by atoms with Gasteiger partial charge in [-0.05, 0) is 67.6 Å². The van der Waals surface area contributed by atoms with E-state index in [1.54, 1.807) is 10.7 Å². The van der Waals surface area contributed by atoms with Gasteiger partial charge in [0, 0.05) is 38.0 Å². The minimum Gasteiger partial charge on any atom is -0.373 e. The summed E-state index contributed by atoms with van der Waals surface area (Å²) in [6.07, 6.45) is 3.00. The lowest BCUT2D eigenvalue weighted by molar-refractivity contribution is -0.0232. The van der Waals surface area contributed by atoms with Crippen LogP contribution in [0.25, 0.3) is 11.1 Å². The molecule has 2 aromatic carbocycles. The first-order valence-electron chi connectivity index (χ1n) is 11.0. The summed E-state index contributed by atoms with van der Waals surface area (Å²) in [5.74, 6) is -1.29. The lowest BCUT2D eigenvalue weighted by Gasteiger charge is -2.37. The van der Waals surface area contributed by atoms with Crippen molar-refractivity contribution >= 4 is 5.91 Å². The second kappa shape index (κ2) is 9.61. The number of aromatic nitrogens is 2. The summed E-state index contributed by atoms with van der Waals surface area (Å²) in [7, 11) is 0. The van der Waals surface area contributed by atoms with Crippen LogP contribution >= 0.6 is 0 Å². The van der Waals surface area contributed by atoms with Crippen molar-refractivity contribution in [2.75, 3.05) is 13.2 Å². The van der Waals surface area contributed by atoms with Gasteiger partial charge in [-0.2, -0.15) is 5.10 Å². The number of hydrogen-bond acceptors (Lipinski definition) is 3. The van der Waals surface area contributed by atoms with Crippen LogP contribution in [0.3, 0.4) is 0 Å². The van der Waals surface area contributed by atoms with Crippen molar-refractivity contribution in [3.05, 3.63) is 77.6 Å². The molecule has 1 aromatic heterocycles. The highest BCUT2D eigenvalue weighted by Crippen LogP contribution is 2.33. The number of nitrogens with zero attached hydrogens (tertiary/aromatic N) is 3. The van der Waals surface area contributed by atoms with Crippen LogP contribution < -0.4 is 0 Å². The monoisotopic (exact) mass is 439 g/mol. The zero-order chi connectivity index (χ0) is 22.7. The molecule has 7 heteroatoms. The molecule has 2 atom stereocenters. The zero-order valence-corrected chi connectivity index (χ0v) is 18.3. The molecule has 1 aliphatic heterocycles. The number of amides is 1. The first-order valence-corrected chi connectivity index (χ1v) is 11.0. The predicted molar refractivity (Wildman–Crippen MR) is 118 cm³/mol. The minimum absolute atomic E-state index is 0.0216. The average Bonchev–Trinajstić information content (AvgIpc) is 3.29. The Bertz CT molecular complexity index is 1080. The molecule has 5 nitrogen and oxygen atoms in total. The Labute approximate surface area is 186 Å². The van der Waals surface area contributed by atoms with Gasteiger partial charge in [0.05, 0.1) is 6.10 Å². The number of hydrogen-bond donors (Lipinski definition) is 0. The SMILES string of the molecule is CCN(C(=O)c1ccn(CC)n1)[C@H]1CCO[C@@H](c2cccc(-c3cc(F)cc(F)c3)c2)C1. The van der Waals surface area contributed by atoms with Gasteiger partial charge in [-0.15, -0.1) is 0 Å². The summed E-state index contributed by atoms with van der Waals surface area (Å²) in [4.78, 5) is 15.0. The number of benzene rings is 2. The lowest BCUT2D eigenvalue weighted by Crippen LogP contribution is -2.44. The van der Waals surface area contributed by atoms with Gasteiger partial charge >= 0.3 is 0 Å². The van der Waals surface area contributed by atoms with E-state index in [1.165, 1.54) is 12.1 Å². The Morgan fingerprint density at radius 3 is 2.59 bits per heavy atom. The van der Waals surface area contributed by atoms with Crippen molar-refractivity contribution < 1.29 is 18.3 Å². The molecule has 1 saturated heterocycles. The second-order valence-electron chi connectivity index (χ2n) is 7.97. The molecule has 4 rings (SSSR count). The fourth-order valence-corrected chi connectivity index (χ4v) is 4.30. The maximum Gasteiger partial charge on any atom is 0.274 e. The van der Waals surface area contributed by atoms with E-state index in [9.17, 15) is 13.6 Å². The third-order valence-corrected chi connectivity index (χ3v) is 5.94. The molecular formula is C25H27F2N3O2. The van der Waals surface area contributed by atoms with Crippen LogP contribution in [0.4, 0.5) is 8.78 Å². The maximum absolute atomic E-state index is 13.7. The van der Waals surface area contributed by atoms with E-state index in [4.69, 9.17) is 4.74 Å². The van der Waals surface area contributed by atoms with Gasteiger partial charge in [0.1, 0.15) is 17.3 Å². The molecule has 3 aromatic rings. The number of rotatable bonds is 6. The largest absolute Gasteiger partial charge is 0.373 e. The summed E-state index contributed by atoms with van der Waals surface area (Å²) >= 11 is 0. The van der Waals surface area contributed by atoms with Crippen molar-refractivity contribution in [3.8, 4) is 11.1 Å². The zero-order valence-electron chi connectivity index (χ0n) is 18.3. The Balaban J connectivity index is 1.54. The maximum atomic E-state index is 13.7. The molecule has 0 N–H and O–H groups in total. The Hall–Kier alpha value is -3.06. The Morgan fingerprint density at radius 2 is 1.91 bits per heavy atom. The first kappa shape index (κ1) is 22.1. The minimum atomic E-state index is -0.609. The topological polar surface area (TPSA) is 47.4 Å². The van der Waals surface area contributed by atoms with Crippen molar-refractivity contribution in [1.29, 1.82) is 0 Å². The fraction of sp³-hybridized carbons (Fsp3) is 0.360. The summed E-state index contributed by atoms with van der Waals surface area (Å²) in [5, 5.41) is 4.36. The van der Waals surface area contributed by atoms with Crippen LogP contribution in [0.2, 0.25) is 0 Å². The molecule has 0 saturated carbocycles. The molecule has 0 radical (unpaired) electrons. The van der Waals surface area contributed by atoms with Crippen molar-refractivity contribution in [3.63, 3.8) is 0 Å². The summed E-state index contributed by atoms with van der Waals surface area (Å²) < 4.78 is 35.1. The number of halogens is 2. The van der Waals surface area contributed by atoms with Gasteiger partial charge in [0.15, 0.2) is 0 Å². The molecule has 0 aliphatic carbocycles. The molecule has 0 unspecified atom stereocenters. The van der Waals surface area contributed by atoms with Gasteiger partial charge in [0.25, 0.3) is 5.91 Å². The van der Waals surface area contributed by atoms with Crippen LogP contribution in [-0.2, 0) is 11.3 Å². The smallest absolute Gasteiger partial charge is 0.274 e. The number of aryl methyl sites for hydroxylation is 1. The van der Waals surface area contributed by atoms with Gasteiger partial charge in [-0.3, -0.25) is 9.48 Å². The third-order valence-electron chi connectivity index (χ3n) is 5.94. The molecular weight excluding hydrogens is 412 g/mol. The van der Waals surface area contributed by atoms with E-state index >= 15 is 0 Å². The van der Waals surface area contributed by atoms with Crippen LogP contribution in [0.5, 0.6) is 0 Å². The number of carbonyl (C=O) groups excluding carboxylic acids is 1. The summed E-state index contributed by atoms with van der Waals surface area (Å²) in [5.41, 5.74) is 2.58. The molecule has 2 heterocycles. The molecule has 32 heavy (non-hydrogen) atoms. The molecule has 0 spiro atoms. The van der Waals surface area contributed by atoms with E-state index in [-0.39, 0.29) is 18.1 Å². The molecule has 1 fully saturated rings. The van der Waals surface area contributed by atoms with E-state index in [0.29, 0.717) is 37.4 Å². The van der Waals surface area contributed by atoms with E-state index < -0.39 is 11.6 Å². The van der Waals surface area contributed by atoms with Gasteiger partial charge in [0.2, 0.25) is 0 Å². The summed E-state index contributed by atoms with van der Waals surface area (Å²) in [6.45, 7) is 5.77. The standard InChI is InChI=1S/C25H27F2N3O2/c1-3-29-10-8-23(28-29)25(31)30(4-2)22-9-11-32-24(16-22)18-7-5-6-17(12-18)19-13-20(26)15-21(27)14-19/h5-8,10,12-15,22,24H,3-4,9,11,16H2,1-2H3/t22-,24+/m0/s1. The van der Waals surface area contributed by atoms with Gasteiger partial charge in [-0.1, -0.05) is 18.2 Å². The average molecular weight is 440 g/mol. The molecule has 1 amide bonds. The normalized spacial score (nSPS) is 18.5. The quantitative estimate of drug-likeness (QED) is 0.528. The highest BCUT2D eigenvalue weighted by atomic mass is 19.1. The predicted octanol–water partition coefficient (Wildman–Crippen LogP) is 5.23. The Kier molecular flexibility index (Phi) is 6.65. The van der Waals surface area contributed by atoms with Gasteiger partial charge in [-0.25, -0.2) is 8.78 Å². The first-order chi connectivity index (χ1) is 15.5. The number of ether oxygens (including phenoxy) is 1. The van der Waals surface area contributed by atoms with Crippen LogP contribution in [0, 0.1) is 11.6 Å². The van der Waals surface area contributed by atoms with E-state index in [2.05, 4.69) is 5.10 Å². The highest BCUT2D eigenvalue weighted by molar-refractivity contribution is 5.92. The molecule has 1 aliphatic rings. The van der Waals surface area contributed by atoms with Crippen molar-refractivity contribution in [2.24, 2.45) is 0 Å². The van der Waals surface area contributed by atoms with Crippen LogP contribution in [-0.4, -0.2) is 39.8 Å².